The van der Waals surface area contributed by atoms with Crippen LogP contribution in [0.5, 0.6) is 11.5 Å². The van der Waals surface area contributed by atoms with Crippen molar-refractivity contribution in [3.05, 3.63) is 53.1 Å². The molecule has 2 saturated carbocycles. The van der Waals surface area contributed by atoms with E-state index in [0.717, 1.165) is 36.3 Å². The van der Waals surface area contributed by atoms with Gasteiger partial charge in [-0.1, -0.05) is 6.07 Å². The van der Waals surface area contributed by atoms with Crippen molar-refractivity contribution >= 4 is 23.2 Å². The zero-order valence-corrected chi connectivity index (χ0v) is 25.2. The summed E-state index contributed by atoms with van der Waals surface area (Å²) in [6.45, 7) is 0.598. The second kappa shape index (κ2) is 13.8. The first-order valence-electron chi connectivity index (χ1n) is 15.5. The lowest BCUT2D eigenvalue weighted by Gasteiger charge is -2.30. The van der Waals surface area contributed by atoms with E-state index in [1.54, 1.807) is 11.0 Å². The molecule has 2 aromatic carbocycles. The normalized spacial score (nSPS) is 25.0. The Labute approximate surface area is 259 Å². The fourth-order valence-corrected chi connectivity index (χ4v) is 6.95. The molecule has 0 spiro atoms. The van der Waals surface area contributed by atoms with E-state index in [0.29, 0.717) is 38.0 Å². The minimum absolute atomic E-state index is 0.0554. The fourth-order valence-electron chi connectivity index (χ4n) is 6.81. The number of aryl methyl sites for hydroxylation is 2. The number of hydrogen-bond acceptors (Lipinski definition) is 3. The smallest absolute Gasteiger partial charge is 0.391 e. The highest BCUT2D eigenvalue weighted by Gasteiger charge is 2.42. The fraction of sp³-hybridized carbons (Fsp3) is 0.606. The summed E-state index contributed by atoms with van der Waals surface area (Å²) in [5.74, 6) is -1.05. The molecule has 0 aromatic heterocycles. The lowest BCUT2D eigenvalue weighted by molar-refractivity contribution is -0.186. The van der Waals surface area contributed by atoms with Crippen molar-refractivity contribution in [3.63, 3.8) is 0 Å². The van der Waals surface area contributed by atoms with Gasteiger partial charge in [0.2, 0.25) is 5.91 Å². The number of anilines is 1. The number of fused-ring (bicyclic) bond motifs is 2. The second-order valence-corrected chi connectivity index (χ2v) is 12.5. The van der Waals surface area contributed by atoms with Gasteiger partial charge in [0.15, 0.2) is 0 Å². The second-order valence-electron chi connectivity index (χ2n) is 12.3. The van der Waals surface area contributed by atoms with Gasteiger partial charge in [0.05, 0.1) is 24.0 Å². The van der Waals surface area contributed by atoms with Crippen LogP contribution in [0.4, 0.5) is 32.0 Å². The molecule has 0 unspecified atom stereocenters. The summed E-state index contributed by atoms with van der Waals surface area (Å²) < 4.78 is 87.6. The molecule has 3 aliphatic carbocycles. The van der Waals surface area contributed by atoms with E-state index >= 15 is 0 Å². The Kier molecular flexibility index (Phi) is 10.3. The Hall–Kier alpha value is -2.62. The molecule has 0 saturated heterocycles. The summed E-state index contributed by atoms with van der Waals surface area (Å²) in [4.78, 5) is 13.4. The Balaban J connectivity index is 0.000000177. The van der Waals surface area contributed by atoms with Crippen LogP contribution in [0.15, 0.2) is 36.4 Å². The standard InChI is InChI=1S/C17H19ClF3NO2.C16H19F3O/c18-10-16(23)22-8-7-11-9-14(5-6-15(11)22)24-13-3-1-12(2-4-13)17(19,20)21;17-16(18,19)13-5-8-14(9-6-13)20-15-7-4-11-2-1-3-12(11)10-15/h5-6,9,12-13H,1-4,7-8,10H2;4,7,10,13-14H,1-3,5-6,8-9H2. The quantitative estimate of drug-likeness (QED) is 0.241. The first-order valence-corrected chi connectivity index (χ1v) is 16.0. The third-order valence-electron chi connectivity index (χ3n) is 9.31. The molecule has 0 radical (unpaired) electrons. The van der Waals surface area contributed by atoms with Crippen molar-refractivity contribution in [3.8, 4) is 11.5 Å². The number of ether oxygens (including phenoxy) is 2. The van der Waals surface area contributed by atoms with Gasteiger partial charge in [0.1, 0.15) is 17.4 Å². The summed E-state index contributed by atoms with van der Waals surface area (Å²) >= 11 is 5.61. The van der Waals surface area contributed by atoms with E-state index in [2.05, 4.69) is 12.1 Å². The molecule has 1 amide bonds. The molecule has 11 heteroatoms. The number of alkyl halides is 7. The molecule has 2 fully saturated rings. The molecular weight excluding hydrogens is 608 g/mol. The summed E-state index contributed by atoms with van der Waals surface area (Å²) in [5, 5.41) is 0. The van der Waals surface area contributed by atoms with Crippen molar-refractivity contribution in [1.29, 1.82) is 0 Å². The van der Waals surface area contributed by atoms with Gasteiger partial charge in [-0.05, 0) is 124 Å². The van der Waals surface area contributed by atoms with E-state index in [-0.39, 0.29) is 49.7 Å². The molecule has 0 atom stereocenters. The minimum Gasteiger partial charge on any atom is -0.490 e. The predicted molar refractivity (Wildman–Crippen MR) is 157 cm³/mol. The molecule has 1 heterocycles. The van der Waals surface area contributed by atoms with E-state index in [1.807, 2.05) is 18.2 Å². The van der Waals surface area contributed by atoms with Gasteiger partial charge < -0.3 is 14.4 Å². The van der Waals surface area contributed by atoms with Gasteiger partial charge in [-0.3, -0.25) is 4.79 Å². The van der Waals surface area contributed by atoms with Crippen LogP contribution < -0.4 is 14.4 Å². The van der Waals surface area contributed by atoms with Crippen molar-refractivity contribution in [2.24, 2.45) is 11.8 Å². The molecule has 242 valence electrons. The topological polar surface area (TPSA) is 38.8 Å². The van der Waals surface area contributed by atoms with E-state index in [9.17, 15) is 31.1 Å². The number of carbonyl (C=O) groups is 1. The van der Waals surface area contributed by atoms with Crippen LogP contribution in [0.1, 0.15) is 74.5 Å². The number of carbonyl (C=O) groups excluding carboxylic acids is 1. The van der Waals surface area contributed by atoms with Crippen molar-refractivity contribution < 1.29 is 40.6 Å². The molecular formula is C33H38ClF6NO3. The third kappa shape index (κ3) is 8.15. The SMILES string of the molecule is FC(F)(F)C1CCC(Oc2ccc3c(c2)CCC3)CC1.O=C(CCl)N1CCc2cc(OC3CCC(C(F)(F)F)CC3)ccc21. The molecule has 44 heavy (non-hydrogen) atoms. The zero-order chi connectivity index (χ0) is 31.5. The lowest BCUT2D eigenvalue weighted by atomic mass is 9.87. The summed E-state index contributed by atoms with van der Waals surface area (Å²) in [6.07, 6.45) is -1.78. The Morgan fingerprint density at radius 2 is 1.20 bits per heavy atom. The van der Waals surface area contributed by atoms with Crippen molar-refractivity contribution in [2.75, 3.05) is 17.3 Å². The average Bonchev–Trinajstić information content (AvgIpc) is 3.63. The highest BCUT2D eigenvalue weighted by Crippen LogP contribution is 2.40. The summed E-state index contributed by atoms with van der Waals surface area (Å²) in [6, 6.07) is 11.6. The van der Waals surface area contributed by atoms with Crippen molar-refractivity contribution in [1.82, 2.24) is 0 Å². The number of amides is 1. The predicted octanol–water partition coefficient (Wildman–Crippen LogP) is 8.99. The molecule has 4 nitrogen and oxygen atoms in total. The van der Waals surface area contributed by atoms with Crippen LogP contribution >= 0.6 is 11.6 Å². The highest BCUT2D eigenvalue weighted by molar-refractivity contribution is 6.29. The number of nitrogens with zero attached hydrogens (tertiary/aromatic N) is 1. The number of hydrogen-bond donors (Lipinski definition) is 0. The molecule has 2 aromatic rings. The summed E-state index contributed by atoms with van der Waals surface area (Å²) in [5.41, 5.74) is 4.58. The minimum atomic E-state index is -4.10. The Bertz CT molecular complexity index is 1280. The maximum atomic E-state index is 12.7. The largest absolute Gasteiger partial charge is 0.490 e. The zero-order valence-electron chi connectivity index (χ0n) is 24.5. The molecule has 4 aliphatic rings. The highest BCUT2D eigenvalue weighted by atomic mass is 35.5. The van der Waals surface area contributed by atoms with Crippen molar-refractivity contribution in [2.45, 2.75) is 102 Å². The van der Waals surface area contributed by atoms with Crippen LogP contribution in [0, 0.1) is 11.8 Å². The van der Waals surface area contributed by atoms with Crippen LogP contribution in [0.2, 0.25) is 0 Å². The van der Waals surface area contributed by atoms with E-state index in [1.165, 1.54) is 17.5 Å². The number of halogens is 7. The van der Waals surface area contributed by atoms with Crippen LogP contribution in [0.3, 0.4) is 0 Å². The molecule has 1 aliphatic heterocycles. The van der Waals surface area contributed by atoms with Gasteiger partial charge >= 0.3 is 12.4 Å². The monoisotopic (exact) mass is 645 g/mol. The first-order chi connectivity index (χ1) is 20.9. The average molecular weight is 646 g/mol. The van der Waals surface area contributed by atoms with E-state index in [4.69, 9.17) is 21.1 Å². The van der Waals surface area contributed by atoms with Gasteiger partial charge in [0, 0.05) is 12.2 Å². The maximum absolute atomic E-state index is 12.7. The Morgan fingerprint density at radius 3 is 1.73 bits per heavy atom. The maximum Gasteiger partial charge on any atom is 0.391 e. The van der Waals surface area contributed by atoms with Gasteiger partial charge in [-0.2, -0.15) is 26.3 Å². The lowest BCUT2D eigenvalue weighted by Crippen LogP contribution is -2.31. The van der Waals surface area contributed by atoms with Crippen LogP contribution in [0.25, 0.3) is 0 Å². The van der Waals surface area contributed by atoms with Crippen LogP contribution in [-0.4, -0.2) is 42.9 Å². The molecule has 0 bridgehead atoms. The van der Waals surface area contributed by atoms with Gasteiger partial charge in [-0.15, -0.1) is 11.6 Å². The first kappa shape index (κ1) is 32.8. The Morgan fingerprint density at radius 1 is 0.705 bits per heavy atom. The summed E-state index contributed by atoms with van der Waals surface area (Å²) in [7, 11) is 0. The molecule has 6 rings (SSSR count). The van der Waals surface area contributed by atoms with Gasteiger partial charge in [-0.25, -0.2) is 0 Å². The third-order valence-corrected chi connectivity index (χ3v) is 9.54. The van der Waals surface area contributed by atoms with Gasteiger partial charge in [0.25, 0.3) is 0 Å². The number of benzene rings is 2. The van der Waals surface area contributed by atoms with E-state index < -0.39 is 24.2 Å². The number of rotatable bonds is 5. The van der Waals surface area contributed by atoms with Crippen LogP contribution in [-0.2, 0) is 24.1 Å². The molecule has 0 N–H and O–H groups in total.